The molecule has 3 aliphatic carbocycles. The van der Waals surface area contributed by atoms with Gasteiger partial charge in [0.25, 0.3) is 11.1 Å². The Hall–Kier alpha value is -2.88. The molecule has 1 aromatic heterocycles. The number of rotatable bonds is 0. The lowest BCUT2D eigenvalue weighted by atomic mass is 9.62. The van der Waals surface area contributed by atoms with Crippen molar-refractivity contribution in [2.24, 2.45) is 0 Å². The first-order chi connectivity index (χ1) is 10.8. The van der Waals surface area contributed by atoms with Gasteiger partial charge in [-0.05, 0) is 22.3 Å². The fraction of sp³-hybridized carbons (Fsp3) is 0.111. The molecule has 0 fully saturated rings. The summed E-state index contributed by atoms with van der Waals surface area (Å²) in [5, 5.41) is 4.96. The Kier molecular flexibility index (Phi) is 2.06. The van der Waals surface area contributed by atoms with E-state index in [9.17, 15) is 9.59 Å². The van der Waals surface area contributed by atoms with Crippen molar-refractivity contribution >= 4 is 0 Å². The van der Waals surface area contributed by atoms with E-state index in [0.29, 0.717) is 11.1 Å². The molecule has 106 valence electrons. The van der Waals surface area contributed by atoms with E-state index in [0.717, 1.165) is 22.3 Å². The summed E-state index contributed by atoms with van der Waals surface area (Å²) < 4.78 is 0. The average molecular weight is 288 g/mol. The van der Waals surface area contributed by atoms with Crippen molar-refractivity contribution < 1.29 is 0 Å². The molecular weight excluding hydrogens is 276 g/mol. The van der Waals surface area contributed by atoms with Crippen LogP contribution in [0.3, 0.4) is 0 Å². The van der Waals surface area contributed by atoms with Crippen LogP contribution in [0.4, 0.5) is 0 Å². The second kappa shape index (κ2) is 3.85. The highest BCUT2D eigenvalue weighted by Crippen LogP contribution is 2.53. The first-order valence-corrected chi connectivity index (χ1v) is 7.29. The molecule has 22 heavy (non-hydrogen) atoms. The molecule has 0 unspecified atom stereocenters. The van der Waals surface area contributed by atoms with Crippen molar-refractivity contribution in [1.82, 2.24) is 10.2 Å². The minimum atomic E-state index is -0.200. The predicted octanol–water partition coefficient (Wildman–Crippen LogP) is 2.05. The van der Waals surface area contributed by atoms with Crippen LogP contribution >= 0.6 is 0 Å². The quantitative estimate of drug-likeness (QED) is 0.458. The van der Waals surface area contributed by atoms with Crippen LogP contribution in [0.5, 0.6) is 0 Å². The van der Waals surface area contributed by atoms with Gasteiger partial charge in [0.2, 0.25) is 0 Å². The molecule has 4 nitrogen and oxygen atoms in total. The third kappa shape index (κ3) is 1.23. The minimum Gasteiger partial charge on any atom is -0.268 e. The topological polar surface area (TPSA) is 65.7 Å². The van der Waals surface area contributed by atoms with Crippen LogP contribution in [0.25, 0.3) is 0 Å². The Morgan fingerprint density at radius 3 is 1.23 bits per heavy atom. The van der Waals surface area contributed by atoms with E-state index in [1.165, 1.54) is 0 Å². The van der Waals surface area contributed by atoms with Gasteiger partial charge in [-0.1, -0.05) is 48.5 Å². The molecule has 2 bridgehead atoms. The van der Waals surface area contributed by atoms with Gasteiger partial charge < -0.3 is 0 Å². The predicted molar refractivity (Wildman–Crippen MR) is 82.5 cm³/mol. The van der Waals surface area contributed by atoms with Gasteiger partial charge in [0.1, 0.15) is 0 Å². The number of aromatic nitrogens is 2. The molecule has 0 aliphatic heterocycles. The van der Waals surface area contributed by atoms with Gasteiger partial charge in [-0.25, -0.2) is 0 Å². The van der Waals surface area contributed by atoms with E-state index < -0.39 is 0 Å². The summed E-state index contributed by atoms with van der Waals surface area (Å²) in [7, 11) is 0. The molecule has 6 rings (SSSR count). The number of H-pyrrole nitrogens is 2. The highest BCUT2D eigenvalue weighted by molar-refractivity contribution is 5.66. The highest BCUT2D eigenvalue weighted by atomic mass is 16.1. The maximum atomic E-state index is 12.4. The Morgan fingerprint density at radius 2 is 0.909 bits per heavy atom. The lowest BCUT2D eigenvalue weighted by molar-refractivity contribution is 0.710. The first kappa shape index (κ1) is 11.7. The maximum absolute atomic E-state index is 12.4. The van der Waals surface area contributed by atoms with Gasteiger partial charge in [-0.15, -0.1) is 0 Å². The van der Waals surface area contributed by atoms with Gasteiger partial charge in [-0.3, -0.25) is 19.8 Å². The van der Waals surface area contributed by atoms with Gasteiger partial charge in [-0.2, -0.15) is 0 Å². The second-order valence-electron chi connectivity index (χ2n) is 5.86. The fourth-order valence-corrected chi connectivity index (χ4v) is 4.10. The summed E-state index contributed by atoms with van der Waals surface area (Å²) in [6.07, 6.45) is 0. The third-order valence-electron chi connectivity index (χ3n) is 4.88. The van der Waals surface area contributed by atoms with Crippen LogP contribution in [-0.2, 0) is 0 Å². The lowest BCUT2D eigenvalue weighted by Gasteiger charge is -2.40. The molecule has 0 saturated carbocycles. The van der Waals surface area contributed by atoms with E-state index in [4.69, 9.17) is 0 Å². The van der Waals surface area contributed by atoms with Crippen LogP contribution < -0.4 is 11.1 Å². The van der Waals surface area contributed by atoms with E-state index >= 15 is 0 Å². The SMILES string of the molecule is O=c1[nH][nH]c(=O)c2c1C1c3ccccc3C2c2ccccc21. The van der Waals surface area contributed by atoms with Gasteiger partial charge in [0, 0.05) is 23.0 Å². The van der Waals surface area contributed by atoms with Crippen molar-refractivity contribution in [3.05, 3.63) is 103 Å². The number of aromatic amines is 2. The largest absolute Gasteiger partial charge is 0.268 e. The van der Waals surface area contributed by atoms with Crippen molar-refractivity contribution in [2.45, 2.75) is 11.8 Å². The van der Waals surface area contributed by atoms with Crippen LogP contribution in [-0.4, -0.2) is 10.2 Å². The number of hydrogen-bond acceptors (Lipinski definition) is 2. The molecule has 3 aliphatic rings. The molecule has 1 heterocycles. The summed E-state index contributed by atoms with van der Waals surface area (Å²) in [5.74, 6) is -0.308. The average Bonchev–Trinajstić information content (AvgIpc) is 2.58. The van der Waals surface area contributed by atoms with Crippen molar-refractivity contribution in [3.63, 3.8) is 0 Å². The summed E-state index contributed by atoms with van der Waals surface area (Å²) >= 11 is 0. The maximum Gasteiger partial charge on any atom is 0.267 e. The van der Waals surface area contributed by atoms with Crippen LogP contribution in [0.2, 0.25) is 0 Å². The summed E-state index contributed by atoms with van der Waals surface area (Å²) in [6.45, 7) is 0. The molecule has 0 amide bonds. The summed E-state index contributed by atoms with van der Waals surface area (Å²) in [6, 6.07) is 16.2. The molecule has 2 N–H and O–H groups in total. The van der Waals surface area contributed by atoms with Gasteiger partial charge in [0.15, 0.2) is 0 Å². The first-order valence-electron chi connectivity index (χ1n) is 7.29. The van der Waals surface area contributed by atoms with E-state index in [2.05, 4.69) is 34.5 Å². The molecule has 0 saturated heterocycles. The summed E-state index contributed by atoms with van der Waals surface area (Å²) in [5.41, 5.74) is 5.34. The summed E-state index contributed by atoms with van der Waals surface area (Å²) in [4.78, 5) is 24.8. The molecule has 3 aromatic rings. The van der Waals surface area contributed by atoms with Crippen LogP contribution in [0.1, 0.15) is 45.2 Å². The highest BCUT2D eigenvalue weighted by Gasteiger charge is 2.44. The van der Waals surface area contributed by atoms with Gasteiger partial charge in [0.05, 0.1) is 0 Å². The Labute approximate surface area is 125 Å². The fourth-order valence-electron chi connectivity index (χ4n) is 4.10. The zero-order chi connectivity index (χ0) is 14.8. The van der Waals surface area contributed by atoms with Gasteiger partial charge >= 0.3 is 0 Å². The standard InChI is InChI=1S/C18H12N2O2/c21-17-15-13-9-5-1-2-6-10(9)14(16(15)18(22)20-19-17)12-8-4-3-7-11(12)13/h1-8,13-14H,(H,19,21)(H,20,22). The number of hydrogen-bond donors (Lipinski definition) is 2. The molecule has 0 radical (unpaired) electrons. The Bertz CT molecular complexity index is 915. The molecule has 2 aromatic carbocycles. The molecule has 0 spiro atoms. The monoisotopic (exact) mass is 288 g/mol. The van der Waals surface area contributed by atoms with E-state index in [1.54, 1.807) is 0 Å². The van der Waals surface area contributed by atoms with Crippen molar-refractivity contribution in [2.75, 3.05) is 0 Å². The zero-order valence-electron chi connectivity index (χ0n) is 11.6. The molecule has 4 heteroatoms. The number of nitrogens with one attached hydrogen (secondary N) is 2. The van der Waals surface area contributed by atoms with E-state index in [1.807, 2.05) is 24.3 Å². The normalized spacial score (nSPS) is 20.2. The smallest absolute Gasteiger partial charge is 0.267 e. The third-order valence-corrected chi connectivity index (χ3v) is 4.88. The zero-order valence-corrected chi connectivity index (χ0v) is 11.6. The molecule has 0 atom stereocenters. The van der Waals surface area contributed by atoms with Crippen molar-refractivity contribution in [1.29, 1.82) is 0 Å². The lowest BCUT2D eigenvalue weighted by Crippen LogP contribution is -2.39. The van der Waals surface area contributed by atoms with Crippen LogP contribution in [0.15, 0.2) is 58.1 Å². The molecular formula is C18H12N2O2. The van der Waals surface area contributed by atoms with Crippen molar-refractivity contribution in [3.8, 4) is 0 Å². The number of benzene rings is 2. The van der Waals surface area contributed by atoms with E-state index in [-0.39, 0.29) is 23.0 Å². The van der Waals surface area contributed by atoms with Crippen LogP contribution in [0, 0.1) is 0 Å². The second-order valence-corrected chi connectivity index (χ2v) is 5.86. The Balaban J connectivity index is 2.01. The minimum absolute atomic E-state index is 0.154. The Morgan fingerprint density at radius 1 is 0.591 bits per heavy atom.